The number of hydrogen-bond donors (Lipinski definition) is 0. The molecular weight excluding hydrogens is 331 g/mol. The van der Waals surface area contributed by atoms with Crippen LogP contribution in [0.25, 0.3) is 10.7 Å². The third kappa shape index (κ3) is 2.73. The zero-order valence-electron chi connectivity index (χ0n) is 11.9. The lowest BCUT2D eigenvalue weighted by Crippen LogP contribution is -2.36. The monoisotopic (exact) mass is 343 g/mol. The zero-order chi connectivity index (χ0) is 16.2. The van der Waals surface area contributed by atoms with Crippen molar-refractivity contribution >= 4 is 17.2 Å². The smallest absolute Gasteiger partial charge is 0.338 e. The third-order valence-corrected chi connectivity index (χ3v) is 5.23. The average molecular weight is 343 g/mol. The van der Waals surface area contributed by atoms with Gasteiger partial charge in [0.15, 0.2) is 0 Å². The van der Waals surface area contributed by atoms with Gasteiger partial charge in [-0.25, -0.2) is 0 Å². The van der Waals surface area contributed by atoms with E-state index in [1.54, 1.807) is 6.07 Å². The minimum atomic E-state index is -4.64. The molecule has 0 atom stereocenters. The van der Waals surface area contributed by atoms with E-state index in [1.807, 2.05) is 4.90 Å². The number of nitrogens with zero attached hydrogens (tertiary/aromatic N) is 3. The van der Waals surface area contributed by atoms with E-state index in [4.69, 9.17) is 0 Å². The molecule has 4 rings (SSSR count). The number of aromatic nitrogens is 2. The fourth-order valence-electron chi connectivity index (χ4n) is 2.66. The van der Waals surface area contributed by atoms with E-state index in [2.05, 4.69) is 14.7 Å². The molecule has 1 fully saturated rings. The Hall–Kier alpha value is -1.90. The Morgan fingerprint density at radius 1 is 1.39 bits per heavy atom. The first-order valence-corrected chi connectivity index (χ1v) is 8.05. The van der Waals surface area contributed by atoms with Crippen LogP contribution >= 0.6 is 11.3 Å². The summed E-state index contributed by atoms with van der Waals surface area (Å²) in [6, 6.07) is 1.76. The van der Waals surface area contributed by atoms with Gasteiger partial charge in [0.05, 0.1) is 4.88 Å². The summed E-state index contributed by atoms with van der Waals surface area (Å²) in [5, 5.41) is 3.41. The molecule has 0 unspecified atom stereocenters. The summed E-state index contributed by atoms with van der Waals surface area (Å²) in [5.41, 5.74) is 0.962. The summed E-state index contributed by atoms with van der Waals surface area (Å²) >= 11 is 1.36. The Kier molecular flexibility index (Phi) is 3.22. The second-order valence-corrected chi connectivity index (χ2v) is 6.90. The first kappa shape index (κ1) is 14.7. The largest absolute Gasteiger partial charge is 0.471 e. The number of thiophene rings is 1. The van der Waals surface area contributed by atoms with Crippen molar-refractivity contribution in [1.82, 2.24) is 15.0 Å². The van der Waals surface area contributed by atoms with E-state index in [1.165, 1.54) is 11.3 Å². The van der Waals surface area contributed by atoms with Gasteiger partial charge in [0.2, 0.25) is 11.7 Å². The first-order chi connectivity index (χ1) is 10.9. The van der Waals surface area contributed by atoms with E-state index >= 15 is 0 Å². The molecule has 2 aromatic rings. The zero-order valence-corrected chi connectivity index (χ0v) is 12.7. The lowest BCUT2D eigenvalue weighted by molar-refractivity contribution is -0.159. The van der Waals surface area contributed by atoms with Gasteiger partial charge in [0.1, 0.15) is 0 Å². The van der Waals surface area contributed by atoms with Gasteiger partial charge >= 0.3 is 12.1 Å². The second kappa shape index (κ2) is 5.05. The molecule has 0 aromatic carbocycles. The van der Waals surface area contributed by atoms with Crippen LogP contribution in [-0.2, 0) is 23.9 Å². The number of rotatable bonds is 2. The summed E-state index contributed by atoms with van der Waals surface area (Å²) in [6.45, 7) is 1.16. The highest BCUT2D eigenvalue weighted by Gasteiger charge is 2.39. The Balaban J connectivity index is 1.57. The average Bonchev–Trinajstić information content (AvgIpc) is 3.07. The van der Waals surface area contributed by atoms with Crippen molar-refractivity contribution in [3.05, 3.63) is 22.4 Å². The molecule has 0 radical (unpaired) electrons. The van der Waals surface area contributed by atoms with Crippen LogP contribution in [-0.4, -0.2) is 27.5 Å². The number of alkyl halides is 3. The molecule has 9 heteroatoms. The first-order valence-electron chi connectivity index (χ1n) is 7.23. The van der Waals surface area contributed by atoms with Crippen LogP contribution in [0.15, 0.2) is 10.6 Å². The van der Waals surface area contributed by atoms with Gasteiger partial charge in [-0.2, -0.15) is 18.2 Å². The minimum absolute atomic E-state index is 0.0585. The van der Waals surface area contributed by atoms with E-state index in [9.17, 15) is 18.0 Å². The Labute approximate surface area is 133 Å². The summed E-state index contributed by atoms with van der Waals surface area (Å²) in [6.07, 6.45) is -2.02. The maximum absolute atomic E-state index is 12.5. The van der Waals surface area contributed by atoms with Crippen molar-refractivity contribution in [1.29, 1.82) is 0 Å². The molecule has 0 N–H and O–H groups in total. The van der Waals surface area contributed by atoms with Crippen molar-refractivity contribution in [2.45, 2.75) is 32.0 Å². The molecule has 0 bridgehead atoms. The Bertz CT molecular complexity index is 764. The summed E-state index contributed by atoms with van der Waals surface area (Å²) in [5.74, 6) is -1.05. The molecular formula is C14H12F3N3O2S. The van der Waals surface area contributed by atoms with E-state index in [0.29, 0.717) is 24.4 Å². The molecule has 1 amide bonds. The minimum Gasteiger partial charge on any atom is -0.338 e. The maximum Gasteiger partial charge on any atom is 0.471 e. The highest BCUT2D eigenvalue weighted by atomic mass is 32.1. The fraction of sp³-hybridized carbons (Fsp3) is 0.500. The van der Waals surface area contributed by atoms with Gasteiger partial charge in [-0.1, -0.05) is 5.16 Å². The predicted molar refractivity (Wildman–Crippen MR) is 74.5 cm³/mol. The van der Waals surface area contributed by atoms with Gasteiger partial charge in [-0.3, -0.25) is 4.79 Å². The molecule has 2 aromatic heterocycles. The Morgan fingerprint density at radius 3 is 2.83 bits per heavy atom. The molecule has 23 heavy (non-hydrogen) atoms. The van der Waals surface area contributed by atoms with Crippen LogP contribution in [0.1, 0.15) is 29.2 Å². The SMILES string of the molecule is O=C(C1CC1)N1CCc2sc(-c3noc(C(F)(F)F)n3)cc2C1. The van der Waals surface area contributed by atoms with Crippen molar-refractivity contribution in [3.63, 3.8) is 0 Å². The molecule has 2 aliphatic rings. The number of amides is 1. The summed E-state index contributed by atoms with van der Waals surface area (Å²) in [4.78, 5) is 19.0. The van der Waals surface area contributed by atoms with Crippen molar-refractivity contribution < 1.29 is 22.5 Å². The normalized spacial score (nSPS) is 18.1. The number of halogens is 3. The number of hydrogen-bond acceptors (Lipinski definition) is 5. The topological polar surface area (TPSA) is 59.2 Å². The molecule has 1 aliphatic heterocycles. The van der Waals surface area contributed by atoms with Crippen LogP contribution in [0.3, 0.4) is 0 Å². The molecule has 3 heterocycles. The Morgan fingerprint density at radius 2 is 2.17 bits per heavy atom. The van der Waals surface area contributed by atoms with Gasteiger partial charge in [0, 0.05) is 23.9 Å². The lowest BCUT2D eigenvalue weighted by atomic mass is 10.1. The molecule has 1 aliphatic carbocycles. The van der Waals surface area contributed by atoms with Crippen LogP contribution in [0, 0.1) is 5.92 Å². The van der Waals surface area contributed by atoms with Crippen molar-refractivity contribution in [3.8, 4) is 10.7 Å². The quantitative estimate of drug-likeness (QED) is 0.841. The molecule has 5 nitrogen and oxygen atoms in total. The lowest BCUT2D eigenvalue weighted by Gasteiger charge is -2.27. The van der Waals surface area contributed by atoms with Gasteiger partial charge in [-0.05, 0) is 30.9 Å². The van der Waals surface area contributed by atoms with Crippen molar-refractivity contribution in [2.75, 3.05) is 6.54 Å². The number of carbonyl (C=O) groups is 1. The van der Waals surface area contributed by atoms with Gasteiger partial charge < -0.3 is 9.42 Å². The fourth-order valence-corrected chi connectivity index (χ4v) is 3.75. The molecule has 122 valence electrons. The van der Waals surface area contributed by atoms with Crippen LogP contribution in [0.2, 0.25) is 0 Å². The summed E-state index contributed by atoms with van der Waals surface area (Å²) in [7, 11) is 0. The maximum atomic E-state index is 12.5. The standard InChI is InChI=1S/C14H12F3N3O2S/c15-14(16,17)13-18-11(19-22-13)10-5-8-6-20(4-3-9(8)23-10)12(21)7-1-2-7/h5,7H,1-4,6H2. The number of carbonyl (C=O) groups excluding carboxylic acids is 1. The van der Waals surface area contributed by atoms with Gasteiger partial charge in [-0.15, -0.1) is 11.3 Å². The van der Waals surface area contributed by atoms with E-state index in [-0.39, 0.29) is 17.6 Å². The number of fused-ring (bicyclic) bond motifs is 1. The van der Waals surface area contributed by atoms with Crippen LogP contribution in [0.5, 0.6) is 0 Å². The predicted octanol–water partition coefficient (Wildman–Crippen LogP) is 3.11. The van der Waals surface area contributed by atoms with E-state index < -0.39 is 12.1 Å². The second-order valence-electron chi connectivity index (χ2n) is 5.76. The van der Waals surface area contributed by atoms with E-state index in [0.717, 1.165) is 23.3 Å². The third-order valence-electron chi connectivity index (χ3n) is 3.99. The van der Waals surface area contributed by atoms with Crippen LogP contribution < -0.4 is 0 Å². The highest BCUT2D eigenvalue weighted by molar-refractivity contribution is 7.15. The highest BCUT2D eigenvalue weighted by Crippen LogP contribution is 2.37. The molecule has 0 spiro atoms. The summed E-state index contributed by atoms with van der Waals surface area (Å²) < 4.78 is 41.9. The van der Waals surface area contributed by atoms with Crippen LogP contribution in [0.4, 0.5) is 13.2 Å². The molecule has 0 saturated heterocycles. The van der Waals surface area contributed by atoms with Crippen molar-refractivity contribution in [2.24, 2.45) is 5.92 Å². The molecule has 1 saturated carbocycles. The van der Waals surface area contributed by atoms with Gasteiger partial charge in [0.25, 0.3) is 0 Å².